The predicted octanol–water partition coefficient (Wildman–Crippen LogP) is 6.12. The zero-order valence-electron chi connectivity index (χ0n) is 16.3. The first-order valence-corrected chi connectivity index (χ1v) is 10.9. The number of halogens is 1. The number of nitrogens with one attached hydrogen (secondary N) is 2. The average molecular weight is 402 g/mol. The zero-order valence-corrected chi connectivity index (χ0v) is 17.1. The van der Waals surface area contributed by atoms with Gasteiger partial charge >= 0.3 is 0 Å². The number of aromatic nitrogens is 2. The van der Waals surface area contributed by atoms with Gasteiger partial charge in [-0.3, -0.25) is 4.90 Å². The minimum atomic E-state index is 0.648. The van der Waals surface area contributed by atoms with Crippen LogP contribution in [0.2, 0.25) is 5.02 Å². The molecule has 0 bridgehead atoms. The lowest BCUT2D eigenvalue weighted by Gasteiger charge is -2.29. The quantitative estimate of drug-likeness (QED) is 0.426. The molecule has 1 unspecified atom stereocenters. The molecule has 1 aliphatic carbocycles. The van der Waals surface area contributed by atoms with E-state index >= 15 is 0 Å². The van der Waals surface area contributed by atoms with E-state index in [9.17, 15) is 0 Å². The van der Waals surface area contributed by atoms with E-state index in [1.165, 1.54) is 40.3 Å². The molecule has 6 rings (SSSR count). The van der Waals surface area contributed by atoms with Crippen LogP contribution in [0.15, 0.2) is 54.9 Å². The van der Waals surface area contributed by atoms with Crippen LogP contribution in [0.25, 0.3) is 27.4 Å². The molecular formula is C25H24ClN3. The molecule has 0 radical (unpaired) electrons. The van der Waals surface area contributed by atoms with E-state index in [2.05, 4.69) is 57.6 Å². The van der Waals surface area contributed by atoms with Crippen LogP contribution >= 0.6 is 11.6 Å². The Balaban J connectivity index is 1.22. The number of hydrogen-bond donors (Lipinski definition) is 2. The van der Waals surface area contributed by atoms with Crippen molar-refractivity contribution in [2.45, 2.75) is 25.2 Å². The highest BCUT2D eigenvalue weighted by Gasteiger charge is 2.27. The molecule has 0 fully saturated rings. The Hall–Kier alpha value is -2.49. The standard InChI is InChI=1S/C25H24ClN3/c26-19-4-5-20-22(14-28-24(20)13-19)16-8-11-29(12-9-16)15-18-2-1-17-3-6-23-21(25(17)18)7-10-27-23/h3-8,10,13-14,18,27-28H,1-2,9,11-12,15H2. The molecule has 1 atom stereocenters. The van der Waals surface area contributed by atoms with Gasteiger partial charge in [0.15, 0.2) is 0 Å². The topological polar surface area (TPSA) is 34.8 Å². The maximum absolute atomic E-state index is 6.14. The third kappa shape index (κ3) is 2.92. The average Bonchev–Trinajstić information content (AvgIpc) is 3.46. The number of aromatic amines is 2. The van der Waals surface area contributed by atoms with Crippen LogP contribution in [0.3, 0.4) is 0 Å². The Labute approximate surface area is 175 Å². The van der Waals surface area contributed by atoms with Crippen molar-refractivity contribution in [3.63, 3.8) is 0 Å². The van der Waals surface area contributed by atoms with Gasteiger partial charge in [0.2, 0.25) is 0 Å². The van der Waals surface area contributed by atoms with Crippen molar-refractivity contribution in [3.8, 4) is 0 Å². The molecule has 2 aromatic heterocycles. The smallest absolute Gasteiger partial charge is 0.0475 e. The van der Waals surface area contributed by atoms with Crippen LogP contribution in [0.4, 0.5) is 0 Å². The molecule has 2 N–H and O–H groups in total. The van der Waals surface area contributed by atoms with E-state index < -0.39 is 0 Å². The van der Waals surface area contributed by atoms with E-state index in [1.807, 2.05) is 12.1 Å². The fourth-order valence-corrected chi connectivity index (χ4v) is 5.53. The fraction of sp³-hybridized carbons (Fsp3) is 0.280. The van der Waals surface area contributed by atoms with Crippen molar-refractivity contribution in [1.82, 2.24) is 14.9 Å². The molecule has 0 spiro atoms. The SMILES string of the molecule is Clc1ccc2c(C3=CCN(CC4CCc5ccc6[nH]ccc6c54)CC3)c[nH]c2c1. The lowest BCUT2D eigenvalue weighted by molar-refractivity contribution is 0.281. The van der Waals surface area contributed by atoms with Gasteiger partial charge in [-0.1, -0.05) is 29.8 Å². The summed E-state index contributed by atoms with van der Waals surface area (Å²) in [5.74, 6) is 0.648. The van der Waals surface area contributed by atoms with Crippen LogP contribution in [-0.2, 0) is 6.42 Å². The minimum absolute atomic E-state index is 0.648. The molecule has 146 valence electrons. The van der Waals surface area contributed by atoms with Crippen molar-refractivity contribution >= 4 is 39.0 Å². The molecule has 4 heteroatoms. The van der Waals surface area contributed by atoms with Gasteiger partial charge in [0, 0.05) is 64.4 Å². The van der Waals surface area contributed by atoms with E-state index in [1.54, 1.807) is 11.1 Å². The molecule has 2 aromatic carbocycles. The molecular weight excluding hydrogens is 378 g/mol. The summed E-state index contributed by atoms with van der Waals surface area (Å²) in [6.07, 6.45) is 10.2. The number of H-pyrrole nitrogens is 2. The molecule has 4 aromatic rings. The summed E-state index contributed by atoms with van der Waals surface area (Å²) < 4.78 is 0. The van der Waals surface area contributed by atoms with Crippen LogP contribution in [0.1, 0.15) is 35.4 Å². The lowest BCUT2D eigenvalue weighted by Crippen LogP contribution is -2.32. The van der Waals surface area contributed by atoms with Gasteiger partial charge in [0.25, 0.3) is 0 Å². The second kappa shape index (κ2) is 6.79. The van der Waals surface area contributed by atoms with E-state index in [-0.39, 0.29) is 0 Å². The normalized spacial score (nSPS) is 19.8. The third-order valence-electron chi connectivity index (χ3n) is 6.80. The Morgan fingerprint density at radius 1 is 1.00 bits per heavy atom. The molecule has 1 aliphatic heterocycles. The van der Waals surface area contributed by atoms with Gasteiger partial charge in [0.05, 0.1) is 0 Å². The van der Waals surface area contributed by atoms with Gasteiger partial charge in [-0.2, -0.15) is 0 Å². The lowest BCUT2D eigenvalue weighted by atomic mass is 9.95. The van der Waals surface area contributed by atoms with Gasteiger partial charge in [0.1, 0.15) is 0 Å². The largest absolute Gasteiger partial charge is 0.361 e. The highest BCUT2D eigenvalue weighted by Crippen LogP contribution is 2.39. The summed E-state index contributed by atoms with van der Waals surface area (Å²) in [6, 6.07) is 12.9. The summed E-state index contributed by atoms with van der Waals surface area (Å²) in [4.78, 5) is 9.38. The summed E-state index contributed by atoms with van der Waals surface area (Å²) >= 11 is 6.14. The van der Waals surface area contributed by atoms with Gasteiger partial charge in [-0.15, -0.1) is 0 Å². The highest BCUT2D eigenvalue weighted by atomic mass is 35.5. The van der Waals surface area contributed by atoms with Crippen molar-refractivity contribution in [2.24, 2.45) is 0 Å². The van der Waals surface area contributed by atoms with Crippen LogP contribution < -0.4 is 0 Å². The van der Waals surface area contributed by atoms with Crippen LogP contribution in [0.5, 0.6) is 0 Å². The highest BCUT2D eigenvalue weighted by molar-refractivity contribution is 6.31. The Morgan fingerprint density at radius 3 is 2.86 bits per heavy atom. The van der Waals surface area contributed by atoms with E-state index in [4.69, 9.17) is 11.6 Å². The predicted molar refractivity (Wildman–Crippen MR) is 122 cm³/mol. The van der Waals surface area contributed by atoms with Gasteiger partial charge in [-0.25, -0.2) is 0 Å². The maximum atomic E-state index is 6.14. The monoisotopic (exact) mass is 401 g/mol. The Kier molecular flexibility index (Phi) is 4.07. The number of benzene rings is 2. The molecule has 0 amide bonds. The molecule has 0 saturated carbocycles. The minimum Gasteiger partial charge on any atom is -0.361 e. The Morgan fingerprint density at radius 2 is 1.97 bits per heavy atom. The van der Waals surface area contributed by atoms with Crippen LogP contribution in [-0.4, -0.2) is 34.5 Å². The Bertz CT molecular complexity index is 1250. The first kappa shape index (κ1) is 17.4. The third-order valence-corrected chi connectivity index (χ3v) is 7.03. The first-order chi connectivity index (χ1) is 14.3. The van der Waals surface area contributed by atoms with E-state index in [0.717, 1.165) is 36.6 Å². The van der Waals surface area contributed by atoms with Crippen LogP contribution in [0, 0.1) is 0 Å². The molecule has 3 heterocycles. The fourth-order valence-electron chi connectivity index (χ4n) is 5.36. The summed E-state index contributed by atoms with van der Waals surface area (Å²) in [6.45, 7) is 3.32. The maximum Gasteiger partial charge on any atom is 0.0475 e. The first-order valence-electron chi connectivity index (χ1n) is 10.5. The van der Waals surface area contributed by atoms with Crippen molar-refractivity contribution in [3.05, 3.63) is 76.6 Å². The van der Waals surface area contributed by atoms with E-state index in [0.29, 0.717) is 5.92 Å². The number of nitrogens with zero attached hydrogens (tertiary/aromatic N) is 1. The summed E-state index contributed by atoms with van der Waals surface area (Å²) in [5.41, 5.74) is 8.32. The zero-order chi connectivity index (χ0) is 19.4. The number of rotatable bonds is 3. The van der Waals surface area contributed by atoms with Gasteiger partial charge < -0.3 is 9.97 Å². The van der Waals surface area contributed by atoms with Gasteiger partial charge in [-0.05, 0) is 66.1 Å². The summed E-state index contributed by atoms with van der Waals surface area (Å²) in [7, 11) is 0. The molecule has 0 saturated heterocycles. The number of fused-ring (bicyclic) bond motifs is 4. The van der Waals surface area contributed by atoms with Crippen molar-refractivity contribution < 1.29 is 0 Å². The molecule has 3 nitrogen and oxygen atoms in total. The summed E-state index contributed by atoms with van der Waals surface area (Å²) in [5, 5.41) is 3.48. The van der Waals surface area contributed by atoms with Crippen molar-refractivity contribution in [2.75, 3.05) is 19.6 Å². The van der Waals surface area contributed by atoms with Crippen molar-refractivity contribution in [1.29, 1.82) is 0 Å². The second-order valence-corrected chi connectivity index (χ2v) is 8.88. The number of aryl methyl sites for hydroxylation is 1. The number of hydrogen-bond acceptors (Lipinski definition) is 1. The molecule has 2 aliphatic rings. The molecule has 29 heavy (non-hydrogen) atoms. The second-order valence-electron chi connectivity index (χ2n) is 8.44.